The van der Waals surface area contributed by atoms with Crippen LogP contribution in [0.5, 0.6) is 0 Å². The first-order valence-corrected chi connectivity index (χ1v) is 11.7. The highest BCUT2D eigenvalue weighted by molar-refractivity contribution is 7.12. The van der Waals surface area contributed by atoms with Crippen molar-refractivity contribution in [1.82, 2.24) is 10.2 Å². The van der Waals surface area contributed by atoms with Crippen molar-refractivity contribution < 1.29 is 14.4 Å². The summed E-state index contributed by atoms with van der Waals surface area (Å²) in [7, 11) is 0. The largest absolute Gasteiger partial charge is 0.356 e. The minimum atomic E-state index is -0.146. The van der Waals surface area contributed by atoms with E-state index in [0.29, 0.717) is 28.7 Å². The summed E-state index contributed by atoms with van der Waals surface area (Å²) in [5.74, 6) is 0.510. The molecule has 7 nitrogen and oxygen atoms in total. The van der Waals surface area contributed by atoms with Gasteiger partial charge in [0.15, 0.2) is 0 Å². The van der Waals surface area contributed by atoms with E-state index in [4.69, 9.17) is 0 Å². The van der Waals surface area contributed by atoms with E-state index in [-0.39, 0.29) is 30.2 Å². The number of likely N-dealkylation sites (tertiary alicyclic amines) is 1. The normalized spacial score (nSPS) is 18.9. The average molecular weight is 441 g/mol. The maximum Gasteiger partial charge on any atom is 0.265 e. The Morgan fingerprint density at radius 2 is 1.74 bits per heavy atom. The van der Waals surface area contributed by atoms with E-state index in [1.54, 1.807) is 30.3 Å². The van der Waals surface area contributed by atoms with Crippen LogP contribution >= 0.6 is 11.3 Å². The monoisotopic (exact) mass is 440 g/mol. The van der Waals surface area contributed by atoms with Crippen LogP contribution in [0.15, 0.2) is 41.8 Å². The summed E-state index contributed by atoms with van der Waals surface area (Å²) in [6.07, 6.45) is 4.25. The third-order valence-electron chi connectivity index (χ3n) is 5.68. The van der Waals surface area contributed by atoms with Crippen molar-refractivity contribution in [2.24, 2.45) is 11.8 Å². The molecule has 0 radical (unpaired) electrons. The van der Waals surface area contributed by atoms with Crippen LogP contribution < -0.4 is 16.0 Å². The van der Waals surface area contributed by atoms with Crippen molar-refractivity contribution >= 4 is 40.4 Å². The number of nitrogens with one attached hydrogen (secondary N) is 3. The number of hydrogen-bond acceptors (Lipinski definition) is 5. The zero-order chi connectivity index (χ0) is 21.6. The molecule has 8 heteroatoms. The lowest BCUT2D eigenvalue weighted by atomic mass is 9.97. The van der Waals surface area contributed by atoms with Gasteiger partial charge >= 0.3 is 0 Å². The van der Waals surface area contributed by atoms with Crippen LogP contribution in [0.3, 0.4) is 0 Å². The van der Waals surface area contributed by atoms with Crippen LogP contribution in [0.1, 0.15) is 35.4 Å². The Labute approximate surface area is 186 Å². The molecular weight excluding hydrogens is 412 g/mol. The van der Waals surface area contributed by atoms with E-state index < -0.39 is 0 Å². The Hall–Kier alpha value is -2.71. The maximum atomic E-state index is 12.5. The number of rotatable bonds is 8. The second kappa shape index (κ2) is 10.1. The van der Waals surface area contributed by atoms with Crippen LogP contribution in [-0.2, 0) is 9.59 Å². The predicted octanol–water partition coefficient (Wildman–Crippen LogP) is 3.18. The van der Waals surface area contributed by atoms with E-state index in [2.05, 4.69) is 20.9 Å². The van der Waals surface area contributed by atoms with E-state index in [0.717, 1.165) is 25.9 Å². The molecule has 1 atom stereocenters. The highest BCUT2D eigenvalue weighted by Gasteiger charge is 2.28. The van der Waals surface area contributed by atoms with Gasteiger partial charge in [0, 0.05) is 24.5 Å². The summed E-state index contributed by atoms with van der Waals surface area (Å²) in [5, 5.41) is 10.7. The molecule has 1 saturated carbocycles. The standard InChI is InChI=1S/C23H28N4O3S/c28-21(15-27-11-1-3-17(14-27)22(29)24-13-16-5-6-16)25-18-7-9-19(10-8-18)26-23(30)20-4-2-12-31-20/h2,4,7-10,12,16-17H,1,3,5-6,11,13-15H2,(H,24,29)(H,25,28)(H,26,30). The van der Waals surface area contributed by atoms with Crippen molar-refractivity contribution in [3.8, 4) is 0 Å². The molecule has 31 heavy (non-hydrogen) atoms. The van der Waals surface area contributed by atoms with Crippen LogP contribution in [0.4, 0.5) is 11.4 Å². The van der Waals surface area contributed by atoms with Gasteiger partial charge in [-0.05, 0) is 73.9 Å². The number of carbonyl (C=O) groups is 3. The van der Waals surface area contributed by atoms with Crippen molar-refractivity contribution in [2.45, 2.75) is 25.7 Å². The SMILES string of the molecule is O=C(CN1CCCC(C(=O)NCC2CC2)C1)Nc1ccc(NC(=O)c2cccs2)cc1. The highest BCUT2D eigenvalue weighted by atomic mass is 32.1. The van der Waals surface area contributed by atoms with Gasteiger partial charge in [-0.2, -0.15) is 0 Å². The summed E-state index contributed by atoms with van der Waals surface area (Å²) in [5.41, 5.74) is 1.35. The van der Waals surface area contributed by atoms with Gasteiger partial charge < -0.3 is 16.0 Å². The third-order valence-corrected chi connectivity index (χ3v) is 6.55. The molecule has 2 heterocycles. The van der Waals surface area contributed by atoms with Crippen LogP contribution in [0.25, 0.3) is 0 Å². The van der Waals surface area contributed by atoms with Gasteiger partial charge in [0.2, 0.25) is 11.8 Å². The summed E-state index contributed by atoms with van der Waals surface area (Å²) < 4.78 is 0. The van der Waals surface area contributed by atoms with Gasteiger partial charge in [-0.1, -0.05) is 6.07 Å². The molecule has 0 spiro atoms. The Morgan fingerprint density at radius 1 is 1.00 bits per heavy atom. The third kappa shape index (κ3) is 6.38. The average Bonchev–Trinajstić information content (AvgIpc) is 3.43. The van der Waals surface area contributed by atoms with E-state index in [1.165, 1.54) is 24.2 Å². The summed E-state index contributed by atoms with van der Waals surface area (Å²) in [4.78, 5) is 39.7. The number of carbonyl (C=O) groups excluding carboxylic acids is 3. The zero-order valence-electron chi connectivity index (χ0n) is 17.4. The van der Waals surface area contributed by atoms with Gasteiger partial charge in [-0.25, -0.2) is 0 Å². The predicted molar refractivity (Wildman–Crippen MR) is 122 cm³/mol. The fraction of sp³-hybridized carbons (Fsp3) is 0.435. The number of thiophene rings is 1. The van der Waals surface area contributed by atoms with Crippen LogP contribution in [0.2, 0.25) is 0 Å². The Kier molecular flexibility index (Phi) is 6.99. The van der Waals surface area contributed by atoms with Gasteiger partial charge in [0.1, 0.15) is 0 Å². The molecule has 2 aliphatic rings. The maximum absolute atomic E-state index is 12.5. The summed E-state index contributed by atoms with van der Waals surface area (Å²) in [6.45, 7) is 2.51. The molecule has 4 rings (SSSR count). The molecule has 2 fully saturated rings. The highest BCUT2D eigenvalue weighted by Crippen LogP contribution is 2.28. The Balaban J connectivity index is 1.22. The number of benzene rings is 1. The quantitative estimate of drug-likeness (QED) is 0.588. The second-order valence-electron chi connectivity index (χ2n) is 8.32. The molecular formula is C23H28N4O3S. The van der Waals surface area contributed by atoms with Crippen molar-refractivity contribution in [2.75, 3.05) is 36.8 Å². The summed E-state index contributed by atoms with van der Waals surface area (Å²) in [6, 6.07) is 10.7. The molecule has 1 aliphatic carbocycles. The molecule has 1 aliphatic heterocycles. The molecule has 3 N–H and O–H groups in total. The minimum Gasteiger partial charge on any atom is -0.356 e. The lowest BCUT2D eigenvalue weighted by Crippen LogP contribution is -2.45. The van der Waals surface area contributed by atoms with Crippen molar-refractivity contribution in [3.63, 3.8) is 0 Å². The fourth-order valence-corrected chi connectivity index (χ4v) is 4.38. The first kappa shape index (κ1) is 21.5. The topological polar surface area (TPSA) is 90.5 Å². The number of piperidine rings is 1. The lowest BCUT2D eigenvalue weighted by molar-refractivity contribution is -0.128. The molecule has 1 aromatic carbocycles. The minimum absolute atomic E-state index is 0.0356. The first-order valence-electron chi connectivity index (χ1n) is 10.8. The van der Waals surface area contributed by atoms with Gasteiger partial charge in [-0.15, -0.1) is 11.3 Å². The Morgan fingerprint density at radius 3 is 2.42 bits per heavy atom. The van der Waals surface area contributed by atoms with Gasteiger partial charge in [-0.3, -0.25) is 19.3 Å². The fourth-order valence-electron chi connectivity index (χ4n) is 3.77. The van der Waals surface area contributed by atoms with E-state index in [9.17, 15) is 14.4 Å². The molecule has 1 saturated heterocycles. The van der Waals surface area contributed by atoms with E-state index >= 15 is 0 Å². The van der Waals surface area contributed by atoms with Crippen LogP contribution in [-0.4, -0.2) is 48.8 Å². The molecule has 0 bridgehead atoms. The zero-order valence-corrected chi connectivity index (χ0v) is 18.2. The van der Waals surface area contributed by atoms with Crippen molar-refractivity contribution in [1.29, 1.82) is 0 Å². The molecule has 1 unspecified atom stereocenters. The number of nitrogens with zero attached hydrogens (tertiary/aromatic N) is 1. The van der Waals surface area contributed by atoms with E-state index in [1.807, 2.05) is 11.4 Å². The van der Waals surface area contributed by atoms with Crippen LogP contribution in [0, 0.1) is 11.8 Å². The second-order valence-corrected chi connectivity index (χ2v) is 9.27. The van der Waals surface area contributed by atoms with Gasteiger partial charge in [0.05, 0.1) is 17.3 Å². The Bertz CT molecular complexity index is 909. The molecule has 3 amide bonds. The lowest BCUT2D eigenvalue weighted by Gasteiger charge is -2.31. The number of hydrogen-bond donors (Lipinski definition) is 3. The summed E-state index contributed by atoms with van der Waals surface area (Å²) >= 11 is 1.39. The van der Waals surface area contributed by atoms with Gasteiger partial charge in [0.25, 0.3) is 5.91 Å². The molecule has 1 aromatic heterocycles. The smallest absolute Gasteiger partial charge is 0.265 e. The van der Waals surface area contributed by atoms with Crippen molar-refractivity contribution in [3.05, 3.63) is 46.7 Å². The number of amides is 3. The molecule has 164 valence electrons. The molecule has 2 aromatic rings. The first-order chi connectivity index (χ1) is 15.1. The number of anilines is 2.